The molecule has 0 aliphatic heterocycles. The minimum atomic E-state index is -0.348. The number of carbonyl (C=O) groups excluding carboxylic acids is 1. The van der Waals surface area contributed by atoms with Gasteiger partial charge in [-0.1, -0.05) is 72.4 Å². The molecule has 7 nitrogen and oxygen atoms in total. The van der Waals surface area contributed by atoms with Crippen molar-refractivity contribution in [1.29, 1.82) is 0 Å². The number of halogens is 1. The molecule has 3 aromatic carbocycles. The maximum atomic E-state index is 13.9. The molecular formula is C28H18FN5O2S3. The largest absolute Gasteiger partial charge is 0.293 e. The first-order valence-electron chi connectivity index (χ1n) is 11.7. The molecule has 0 aliphatic rings. The number of amides is 1. The summed E-state index contributed by atoms with van der Waals surface area (Å²) in [5.74, 6) is -0.430. The molecule has 0 atom stereocenters. The first-order chi connectivity index (χ1) is 19.1. The molecule has 3 heterocycles. The normalized spacial score (nSPS) is 11.1. The maximum Gasteiger partial charge on any atom is 0.268 e. The van der Waals surface area contributed by atoms with Crippen LogP contribution in [0.3, 0.4) is 0 Å². The molecule has 0 radical (unpaired) electrons. The SMILES string of the molecule is O=C(CSc1nc2scc(-c3ccc(F)cc3)c2c(=O)n1-c1ccccc1)Nc1nsc(-c2ccccc2)n1. The van der Waals surface area contributed by atoms with E-state index in [4.69, 9.17) is 4.98 Å². The second-order valence-electron chi connectivity index (χ2n) is 8.33. The van der Waals surface area contributed by atoms with Crippen LogP contribution >= 0.6 is 34.6 Å². The number of thioether (sulfide) groups is 1. The molecule has 11 heteroatoms. The van der Waals surface area contributed by atoms with Gasteiger partial charge < -0.3 is 0 Å². The highest BCUT2D eigenvalue weighted by Crippen LogP contribution is 2.33. The number of para-hydroxylation sites is 1. The van der Waals surface area contributed by atoms with E-state index >= 15 is 0 Å². The Hall–Kier alpha value is -4.19. The fraction of sp³-hybridized carbons (Fsp3) is 0.0357. The Morgan fingerprint density at radius 1 is 0.923 bits per heavy atom. The highest BCUT2D eigenvalue weighted by molar-refractivity contribution is 7.99. The monoisotopic (exact) mass is 571 g/mol. The number of rotatable bonds is 7. The Bertz CT molecular complexity index is 1840. The van der Waals surface area contributed by atoms with Crippen LogP contribution in [0.15, 0.2) is 100 Å². The topological polar surface area (TPSA) is 89.8 Å². The second kappa shape index (κ2) is 10.9. The molecule has 6 aromatic rings. The van der Waals surface area contributed by atoms with Gasteiger partial charge in [0.05, 0.1) is 16.8 Å². The summed E-state index contributed by atoms with van der Waals surface area (Å²) in [6.45, 7) is 0. The standard InChI is InChI=1S/C28H18FN5O2S3/c29-19-13-11-17(12-14-19)21-15-37-25-23(21)26(36)34(20-9-5-2-6-10-20)28(32-25)38-16-22(35)30-27-31-24(39-33-27)18-7-3-1-4-8-18/h1-15H,16H2,(H,30,33,35). The van der Waals surface area contributed by atoms with Crippen molar-refractivity contribution >= 4 is 56.7 Å². The van der Waals surface area contributed by atoms with Crippen molar-refractivity contribution in [3.8, 4) is 27.4 Å². The zero-order valence-corrected chi connectivity index (χ0v) is 22.5. The Balaban J connectivity index is 1.30. The summed E-state index contributed by atoms with van der Waals surface area (Å²) in [5.41, 5.74) is 2.71. The summed E-state index contributed by atoms with van der Waals surface area (Å²) in [5, 5.41) is 6.12. The van der Waals surface area contributed by atoms with Gasteiger partial charge in [0.2, 0.25) is 11.9 Å². The third-order valence-corrected chi connectivity index (χ3v) is 8.35. The van der Waals surface area contributed by atoms with Crippen LogP contribution in [0.4, 0.5) is 10.3 Å². The van der Waals surface area contributed by atoms with E-state index < -0.39 is 0 Å². The minimum absolute atomic E-state index is 0.000845. The van der Waals surface area contributed by atoms with Crippen LogP contribution in [-0.2, 0) is 4.79 Å². The fourth-order valence-corrected chi connectivity index (χ4v) is 6.41. The number of hydrogen-bond donors (Lipinski definition) is 1. The van der Waals surface area contributed by atoms with Gasteiger partial charge in [0, 0.05) is 16.5 Å². The summed E-state index contributed by atoms with van der Waals surface area (Å²) < 4.78 is 19.3. The molecule has 0 fully saturated rings. The van der Waals surface area contributed by atoms with E-state index in [1.807, 2.05) is 66.0 Å². The zero-order valence-electron chi connectivity index (χ0n) is 20.1. The third-order valence-electron chi connectivity index (χ3n) is 5.78. The van der Waals surface area contributed by atoms with Crippen LogP contribution in [0, 0.1) is 5.82 Å². The fourth-order valence-electron chi connectivity index (χ4n) is 3.98. The van der Waals surface area contributed by atoms with Crippen LogP contribution in [0.5, 0.6) is 0 Å². The Morgan fingerprint density at radius 3 is 2.38 bits per heavy atom. The zero-order chi connectivity index (χ0) is 26.8. The lowest BCUT2D eigenvalue weighted by Gasteiger charge is -2.12. The van der Waals surface area contributed by atoms with Crippen LogP contribution in [-0.4, -0.2) is 30.6 Å². The summed E-state index contributed by atoms with van der Waals surface area (Å²) in [6.07, 6.45) is 0. The molecule has 6 rings (SSSR count). The lowest BCUT2D eigenvalue weighted by molar-refractivity contribution is -0.113. The van der Waals surface area contributed by atoms with E-state index in [-0.39, 0.29) is 29.0 Å². The van der Waals surface area contributed by atoms with Crippen LogP contribution in [0.2, 0.25) is 0 Å². The molecule has 0 saturated heterocycles. The quantitative estimate of drug-likeness (QED) is 0.174. The van der Waals surface area contributed by atoms with E-state index in [0.717, 1.165) is 22.9 Å². The summed E-state index contributed by atoms with van der Waals surface area (Å²) >= 11 is 3.69. The van der Waals surface area contributed by atoms with Gasteiger partial charge in [-0.05, 0) is 41.4 Å². The Labute approximate surface area is 234 Å². The number of nitrogens with one attached hydrogen (secondary N) is 1. The highest BCUT2D eigenvalue weighted by Gasteiger charge is 2.20. The van der Waals surface area contributed by atoms with Gasteiger partial charge in [0.15, 0.2) is 5.16 Å². The lowest BCUT2D eigenvalue weighted by atomic mass is 10.1. The summed E-state index contributed by atoms with van der Waals surface area (Å²) in [4.78, 5) is 36.4. The van der Waals surface area contributed by atoms with Crippen LogP contribution in [0.25, 0.3) is 37.6 Å². The molecule has 0 aliphatic carbocycles. The molecule has 1 amide bonds. The average molecular weight is 572 g/mol. The van der Waals surface area contributed by atoms with E-state index in [9.17, 15) is 14.0 Å². The van der Waals surface area contributed by atoms with Crippen molar-refractivity contribution in [2.75, 3.05) is 11.1 Å². The molecule has 0 spiro atoms. The van der Waals surface area contributed by atoms with Crippen molar-refractivity contribution in [1.82, 2.24) is 18.9 Å². The Kier molecular flexibility index (Phi) is 7.01. The van der Waals surface area contributed by atoms with E-state index in [2.05, 4.69) is 14.7 Å². The molecule has 39 heavy (non-hydrogen) atoms. The molecule has 0 unspecified atom stereocenters. The second-order valence-corrected chi connectivity index (χ2v) is 10.9. The predicted molar refractivity (Wildman–Crippen MR) is 155 cm³/mol. The highest BCUT2D eigenvalue weighted by atomic mass is 32.2. The van der Waals surface area contributed by atoms with E-state index in [1.165, 1.54) is 39.6 Å². The van der Waals surface area contributed by atoms with Gasteiger partial charge in [0.1, 0.15) is 15.7 Å². The molecule has 0 saturated carbocycles. The number of aromatic nitrogens is 4. The van der Waals surface area contributed by atoms with Gasteiger partial charge in [0.25, 0.3) is 5.56 Å². The minimum Gasteiger partial charge on any atom is -0.293 e. The Morgan fingerprint density at radius 2 is 1.64 bits per heavy atom. The lowest BCUT2D eigenvalue weighted by Crippen LogP contribution is -2.22. The van der Waals surface area contributed by atoms with Crippen molar-refractivity contribution in [2.45, 2.75) is 5.16 Å². The predicted octanol–water partition coefficient (Wildman–Crippen LogP) is 6.50. The number of thiophene rings is 1. The molecule has 0 bridgehead atoms. The molecular weight excluding hydrogens is 554 g/mol. The number of fused-ring (bicyclic) bond motifs is 1. The first kappa shape index (κ1) is 25.1. The molecule has 192 valence electrons. The summed E-state index contributed by atoms with van der Waals surface area (Å²) in [7, 11) is 0. The number of benzene rings is 3. The van der Waals surface area contributed by atoms with Crippen LogP contribution in [0.1, 0.15) is 0 Å². The van der Waals surface area contributed by atoms with Crippen LogP contribution < -0.4 is 10.9 Å². The van der Waals surface area contributed by atoms with E-state index in [1.54, 1.807) is 12.1 Å². The van der Waals surface area contributed by atoms with Gasteiger partial charge in [-0.2, -0.15) is 9.36 Å². The van der Waals surface area contributed by atoms with Gasteiger partial charge in [-0.25, -0.2) is 9.37 Å². The van der Waals surface area contributed by atoms with Crippen molar-refractivity contribution in [3.05, 3.63) is 106 Å². The first-order valence-corrected chi connectivity index (χ1v) is 14.4. The maximum absolute atomic E-state index is 13.9. The van der Waals surface area contributed by atoms with E-state index in [0.29, 0.717) is 31.6 Å². The number of hydrogen-bond acceptors (Lipinski definition) is 8. The third kappa shape index (κ3) is 5.24. The van der Waals surface area contributed by atoms with Gasteiger partial charge in [-0.15, -0.1) is 11.3 Å². The smallest absolute Gasteiger partial charge is 0.268 e. The number of anilines is 1. The number of carbonyl (C=O) groups is 1. The summed E-state index contributed by atoms with van der Waals surface area (Å²) in [6, 6.07) is 24.8. The van der Waals surface area contributed by atoms with Crippen molar-refractivity contribution in [3.63, 3.8) is 0 Å². The molecule has 1 N–H and O–H groups in total. The van der Waals surface area contributed by atoms with Crippen molar-refractivity contribution < 1.29 is 9.18 Å². The number of nitrogens with zero attached hydrogens (tertiary/aromatic N) is 4. The van der Waals surface area contributed by atoms with Gasteiger partial charge >= 0.3 is 0 Å². The average Bonchev–Trinajstić information content (AvgIpc) is 3.61. The van der Waals surface area contributed by atoms with Crippen molar-refractivity contribution in [2.24, 2.45) is 0 Å². The van der Waals surface area contributed by atoms with Gasteiger partial charge in [-0.3, -0.25) is 19.5 Å². The molecule has 3 aromatic heterocycles.